The van der Waals surface area contributed by atoms with E-state index in [0.717, 1.165) is 11.3 Å². The summed E-state index contributed by atoms with van der Waals surface area (Å²) in [6.07, 6.45) is 8.54. The predicted molar refractivity (Wildman–Crippen MR) is 85.5 cm³/mol. The molecule has 0 saturated heterocycles. The van der Waals surface area contributed by atoms with Crippen LogP contribution in [0.4, 0.5) is 5.13 Å². The molecule has 3 rings (SSSR count). The van der Waals surface area contributed by atoms with Crippen LogP contribution in [0.25, 0.3) is 5.57 Å². The zero-order valence-electron chi connectivity index (χ0n) is 12.0. The van der Waals surface area contributed by atoms with Gasteiger partial charge >= 0.3 is 0 Å². The van der Waals surface area contributed by atoms with E-state index in [1.807, 2.05) is 43.8 Å². The SMILES string of the molecule is CC(C)CC(=O)Nc1nc(C2=C3C=CNC3NC=C2)cs1. The highest BCUT2D eigenvalue weighted by atomic mass is 32.1. The lowest BCUT2D eigenvalue weighted by atomic mass is 10.0. The van der Waals surface area contributed by atoms with Gasteiger partial charge < -0.3 is 16.0 Å². The van der Waals surface area contributed by atoms with Crippen molar-refractivity contribution in [1.29, 1.82) is 0 Å². The average Bonchev–Trinajstić information content (AvgIpc) is 3.05. The van der Waals surface area contributed by atoms with Gasteiger partial charge in [0.25, 0.3) is 0 Å². The molecule has 3 heterocycles. The molecular formula is C15H18N4OS. The van der Waals surface area contributed by atoms with Crippen LogP contribution in [0.3, 0.4) is 0 Å². The number of anilines is 1. The normalized spacial score (nSPS) is 19.5. The lowest BCUT2D eigenvalue weighted by molar-refractivity contribution is -0.116. The first kappa shape index (κ1) is 13.9. The Kier molecular flexibility index (Phi) is 3.79. The standard InChI is InChI=1S/C15H18N4OS/c1-9(2)7-13(20)19-15-18-12(8-21-15)10-3-5-16-14-11(10)4-6-17-14/h3-6,8-9,14,16-17H,7H2,1-2H3,(H,18,19,20). The molecule has 1 unspecified atom stereocenters. The van der Waals surface area contributed by atoms with E-state index in [0.29, 0.717) is 17.5 Å². The smallest absolute Gasteiger partial charge is 0.226 e. The number of carbonyl (C=O) groups is 1. The maximum Gasteiger partial charge on any atom is 0.226 e. The number of amides is 1. The summed E-state index contributed by atoms with van der Waals surface area (Å²) in [6, 6.07) is 0. The molecule has 2 aliphatic heterocycles. The highest BCUT2D eigenvalue weighted by Crippen LogP contribution is 2.29. The lowest BCUT2D eigenvalue weighted by Crippen LogP contribution is -2.36. The van der Waals surface area contributed by atoms with Gasteiger partial charge in [-0.25, -0.2) is 4.98 Å². The third-order valence-electron chi connectivity index (χ3n) is 3.28. The highest BCUT2D eigenvalue weighted by molar-refractivity contribution is 7.14. The molecule has 0 aromatic carbocycles. The minimum absolute atomic E-state index is 0.0183. The number of nitrogens with zero attached hydrogens (tertiary/aromatic N) is 1. The predicted octanol–water partition coefficient (Wildman–Crippen LogP) is 2.44. The number of hydrogen-bond donors (Lipinski definition) is 3. The quantitative estimate of drug-likeness (QED) is 0.799. The second-order valence-electron chi connectivity index (χ2n) is 5.49. The van der Waals surface area contributed by atoms with E-state index in [2.05, 4.69) is 20.9 Å². The molecule has 1 aromatic heterocycles. The Balaban J connectivity index is 1.78. The number of thiazole rings is 1. The lowest BCUT2D eigenvalue weighted by Gasteiger charge is -2.20. The Bertz CT molecular complexity index is 642. The van der Waals surface area contributed by atoms with E-state index >= 15 is 0 Å². The Hall–Kier alpha value is -2.08. The zero-order valence-corrected chi connectivity index (χ0v) is 12.8. The summed E-state index contributed by atoms with van der Waals surface area (Å²) in [5.74, 6) is 0.363. The molecule has 1 amide bonds. The molecule has 21 heavy (non-hydrogen) atoms. The van der Waals surface area contributed by atoms with Crippen LogP contribution in [0.5, 0.6) is 0 Å². The van der Waals surface area contributed by atoms with Crippen molar-refractivity contribution in [3.8, 4) is 0 Å². The van der Waals surface area contributed by atoms with Gasteiger partial charge in [0, 0.05) is 22.9 Å². The highest BCUT2D eigenvalue weighted by Gasteiger charge is 2.22. The molecule has 0 spiro atoms. The van der Waals surface area contributed by atoms with Gasteiger partial charge in [-0.1, -0.05) is 13.8 Å². The fourth-order valence-corrected chi connectivity index (χ4v) is 3.08. The number of carbonyl (C=O) groups excluding carboxylic acids is 1. The van der Waals surface area contributed by atoms with Gasteiger partial charge in [-0.15, -0.1) is 11.3 Å². The molecule has 3 N–H and O–H groups in total. The van der Waals surface area contributed by atoms with Crippen LogP contribution >= 0.6 is 11.3 Å². The molecule has 110 valence electrons. The van der Waals surface area contributed by atoms with Crippen LogP contribution in [-0.2, 0) is 4.79 Å². The molecule has 5 nitrogen and oxygen atoms in total. The Morgan fingerprint density at radius 2 is 2.14 bits per heavy atom. The fourth-order valence-electron chi connectivity index (χ4n) is 2.36. The first-order chi connectivity index (χ1) is 10.1. The average molecular weight is 302 g/mol. The van der Waals surface area contributed by atoms with Crippen LogP contribution < -0.4 is 16.0 Å². The maximum atomic E-state index is 11.8. The maximum absolute atomic E-state index is 11.8. The summed E-state index contributed by atoms with van der Waals surface area (Å²) >= 11 is 1.46. The summed E-state index contributed by atoms with van der Waals surface area (Å²) in [6.45, 7) is 4.05. The van der Waals surface area contributed by atoms with Crippen LogP contribution in [-0.4, -0.2) is 17.1 Å². The van der Waals surface area contributed by atoms with Crippen LogP contribution in [0.1, 0.15) is 26.0 Å². The van der Waals surface area contributed by atoms with Crippen molar-refractivity contribution in [2.24, 2.45) is 5.92 Å². The molecule has 0 saturated carbocycles. The zero-order chi connectivity index (χ0) is 14.8. The topological polar surface area (TPSA) is 66.0 Å². The Labute approximate surface area is 127 Å². The van der Waals surface area contributed by atoms with E-state index in [1.165, 1.54) is 16.9 Å². The molecule has 2 aliphatic rings. The van der Waals surface area contributed by atoms with E-state index in [1.54, 1.807) is 0 Å². The molecule has 0 aliphatic carbocycles. The van der Waals surface area contributed by atoms with Crippen LogP contribution in [0, 0.1) is 5.92 Å². The van der Waals surface area contributed by atoms with Gasteiger partial charge in [-0.2, -0.15) is 0 Å². The third kappa shape index (κ3) is 3.00. The van der Waals surface area contributed by atoms with E-state index in [-0.39, 0.29) is 12.1 Å². The molecule has 0 fully saturated rings. The second-order valence-corrected chi connectivity index (χ2v) is 6.34. The number of nitrogens with one attached hydrogen (secondary N) is 3. The van der Waals surface area contributed by atoms with E-state index < -0.39 is 0 Å². The van der Waals surface area contributed by atoms with Crippen LogP contribution in [0.15, 0.2) is 35.5 Å². The molecule has 1 aromatic rings. The summed E-state index contributed by atoms with van der Waals surface area (Å²) in [7, 11) is 0. The first-order valence-corrected chi connectivity index (χ1v) is 7.86. The summed E-state index contributed by atoms with van der Waals surface area (Å²) in [4.78, 5) is 16.3. The van der Waals surface area contributed by atoms with E-state index in [4.69, 9.17) is 0 Å². The van der Waals surface area contributed by atoms with Gasteiger partial charge in [0.1, 0.15) is 6.17 Å². The minimum atomic E-state index is 0.0183. The number of aromatic nitrogens is 1. The third-order valence-corrected chi connectivity index (χ3v) is 4.04. The van der Waals surface area contributed by atoms with E-state index in [9.17, 15) is 4.79 Å². The van der Waals surface area contributed by atoms with Gasteiger partial charge in [0.05, 0.1) is 5.69 Å². The number of dihydropyridines is 1. The molecule has 0 bridgehead atoms. The summed E-state index contributed by atoms with van der Waals surface area (Å²) < 4.78 is 0. The van der Waals surface area contributed by atoms with Crippen molar-refractivity contribution < 1.29 is 4.79 Å². The van der Waals surface area contributed by atoms with Gasteiger partial charge in [0.15, 0.2) is 5.13 Å². The largest absolute Gasteiger partial charge is 0.368 e. The number of rotatable bonds is 4. The monoisotopic (exact) mass is 302 g/mol. The van der Waals surface area contributed by atoms with Gasteiger partial charge in [0.2, 0.25) is 5.91 Å². The van der Waals surface area contributed by atoms with Gasteiger partial charge in [-0.3, -0.25) is 4.79 Å². The Morgan fingerprint density at radius 3 is 2.90 bits per heavy atom. The van der Waals surface area contributed by atoms with Gasteiger partial charge in [-0.05, 0) is 30.5 Å². The second kappa shape index (κ2) is 5.73. The molecule has 1 atom stereocenters. The first-order valence-electron chi connectivity index (χ1n) is 6.98. The van der Waals surface area contributed by atoms with Crippen molar-refractivity contribution in [2.45, 2.75) is 26.4 Å². The van der Waals surface area contributed by atoms with Crippen molar-refractivity contribution in [3.63, 3.8) is 0 Å². The molecular weight excluding hydrogens is 284 g/mol. The number of allylic oxidation sites excluding steroid dienone is 2. The molecule has 6 heteroatoms. The number of fused-ring (bicyclic) bond motifs is 1. The Morgan fingerprint density at radius 1 is 1.38 bits per heavy atom. The fraction of sp³-hybridized carbons (Fsp3) is 0.333. The number of hydrogen-bond acceptors (Lipinski definition) is 5. The van der Waals surface area contributed by atoms with Crippen molar-refractivity contribution >= 4 is 27.9 Å². The summed E-state index contributed by atoms with van der Waals surface area (Å²) in [5.41, 5.74) is 3.15. The van der Waals surface area contributed by atoms with Crippen molar-refractivity contribution in [3.05, 3.63) is 41.2 Å². The minimum Gasteiger partial charge on any atom is -0.368 e. The molecule has 0 radical (unpaired) electrons. The van der Waals surface area contributed by atoms with Crippen molar-refractivity contribution in [1.82, 2.24) is 15.6 Å². The van der Waals surface area contributed by atoms with Crippen LogP contribution in [0.2, 0.25) is 0 Å². The summed E-state index contributed by atoms with van der Waals surface area (Å²) in [5, 5.41) is 12.0. The van der Waals surface area contributed by atoms with Crippen molar-refractivity contribution in [2.75, 3.05) is 5.32 Å².